The number of hydrogen-bond donors (Lipinski definition) is 2. The number of fused-ring (bicyclic) bond motifs is 1. The fraction of sp³-hybridized carbons (Fsp3) is 0.0526. The third-order valence-electron chi connectivity index (χ3n) is 4.33. The molecule has 0 spiro atoms. The van der Waals surface area contributed by atoms with Crippen molar-refractivity contribution < 1.29 is 18.3 Å². The monoisotopic (exact) mass is 405 g/mol. The first kappa shape index (κ1) is 18.1. The van der Waals surface area contributed by atoms with E-state index in [1.807, 2.05) is 0 Å². The van der Waals surface area contributed by atoms with E-state index in [1.54, 1.807) is 0 Å². The lowest BCUT2D eigenvalue weighted by molar-refractivity contribution is 0.469. The molecule has 2 heterocycles. The van der Waals surface area contributed by atoms with Crippen molar-refractivity contribution >= 4 is 22.6 Å². The Bertz CT molecular complexity index is 1290. The first-order valence-electron chi connectivity index (χ1n) is 8.04. The Hall–Kier alpha value is -3.26. The molecule has 0 saturated heterocycles. The van der Waals surface area contributed by atoms with Crippen molar-refractivity contribution in [2.45, 2.75) is 6.92 Å². The summed E-state index contributed by atoms with van der Waals surface area (Å²) < 4.78 is 43.1. The molecule has 2 aromatic carbocycles. The fourth-order valence-corrected chi connectivity index (χ4v) is 3.32. The number of aromatic hydroxyl groups is 1. The Morgan fingerprint density at radius 1 is 1.14 bits per heavy atom. The Morgan fingerprint density at radius 2 is 1.82 bits per heavy atom. The van der Waals surface area contributed by atoms with Crippen molar-refractivity contribution in [3.63, 3.8) is 0 Å². The number of aromatic amines is 1. The summed E-state index contributed by atoms with van der Waals surface area (Å²) in [6.45, 7) is 1.52. The van der Waals surface area contributed by atoms with Crippen molar-refractivity contribution in [3.8, 4) is 22.7 Å². The quantitative estimate of drug-likeness (QED) is 0.517. The van der Waals surface area contributed by atoms with E-state index < -0.39 is 39.9 Å². The van der Waals surface area contributed by atoms with Gasteiger partial charge in [-0.1, -0.05) is 17.7 Å². The van der Waals surface area contributed by atoms with Crippen LogP contribution < -0.4 is 5.43 Å². The predicted molar refractivity (Wildman–Crippen MR) is 98.4 cm³/mol. The van der Waals surface area contributed by atoms with Crippen LogP contribution >= 0.6 is 11.6 Å². The third kappa shape index (κ3) is 2.65. The molecule has 9 heteroatoms. The van der Waals surface area contributed by atoms with Crippen LogP contribution in [0, 0.1) is 24.4 Å². The molecule has 0 amide bonds. The number of pyridine rings is 1. The number of halogens is 4. The number of H-pyrrole nitrogens is 1. The molecule has 4 aromatic rings. The summed E-state index contributed by atoms with van der Waals surface area (Å²) in [5.74, 6) is -3.34. The summed E-state index contributed by atoms with van der Waals surface area (Å²) in [7, 11) is 0. The molecule has 142 valence electrons. The highest BCUT2D eigenvalue weighted by atomic mass is 35.5. The maximum atomic E-state index is 14.2. The maximum absolute atomic E-state index is 14.2. The summed E-state index contributed by atoms with van der Waals surface area (Å²) >= 11 is 6.09. The molecule has 2 aromatic heterocycles. The minimum atomic E-state index is -0.965. The smallest absolute Gasteiger partial charge is 0.235 e. The van der Waals surface area contributed by atoms with Crippen LogP contribution in [0.5, 0.6) is 5.75 Å². The molecular weight excluding hydrogens is 395 g/mol. The Balaban J connectivity index is 2.11. The van der Waals surface area contributed by atoms with E-state index in [4.69, 9.17) is 11.6 Å². The molecular formula is C19H11ClF3N3O2. The van der Waals surface area contributed by atoms with E-state index >= 15 is 0 Å². The Morgan fingerprint density at radius 3 is 2.46 bits per heavy atom. The molecule has 0 atom stereocenters. The van der Waals surface area contributed by atoms with Crippen LogP contribution in [0.4, 0.5) is 13.2 Å². The van der Waals surface area contributed by atoms with Crippen LogP contribution in [-0.2, 0) is 0 Å². The second kappa shape index (κ2) is 6.42. The number of nitrogens with zero attached hydrogens (tertiary/aromatic N) is 2. The summed E-state index contributed by atoms with van der Waals surface area (Å²) in [6.07, 6.45) is 0. The first-order chi connectivity index (χ1) is 13.3. The van der Waals surface area contributed by atoms with Crippen molar-refractivity contribution in [3.05, 3.63) is 74.8 Å². The van der Waals surface area contributed by atoms with Gasteiger partial charge in [0.2, 0.25) is 5.43 Å². The zero-order valence-corrected chi connectivity index (χ0v) is 15.0. The highest BCUT2D eigenvalue weighted by Crippen LogP contribution is 2.33. The molecule has 0 fully saturated rings. The molecule has 0 aliphatic carbocycles. The minimum absolute atomic E-state index is 0.0111. The highest BCUT2D eigenvalue weighted by Gasteiger charge is 2.23. The number of nitrogens with one attached hydrogen (secondary N) is 1. The molecule has 0 aliphatic heterocycles. The summed E-state index contributed by atoms with van der Waals surface area (Å²) in [6, 6.07) is 6.72. The summed E-state index contributed by atoms with van der Waals surface area (Å²) in [5, 5.41) is 14.5. The zero-order chi connectivity index (χ0) is 20.2. The van der Waals surface area contributed by atoms with Gasteiger partial charge in [-0.3, -0.25) is 4.79 Å². The van der Waals surface area contributed by atoms with Crippen molar-refractivity contribution in [2.24, 2.45) is 0 Å². The van der Waals surface area contributed by atoms with E-state index in [1.165, 1.54) is 17.7 Å². The Kier molecular flexibility index (Phi) is 4.15. The van der Waals surface area contributed by atoms with Gasteiger partial charge in [-0.25, -0.2) is 17.9 Å². The van der Waals surface area contributed by atoms with Crippen LogP contribution in [0.2, 0.25) is 5.02 Å². The number of benzene rings is 2. The van der Waals surface area contributed by atoms with Gasteiger partial charge in [0.25, 0.3) is 0 Å². The zero-order valence-electron chi connectivity index (χ0n) is 14.2. The van der Waals surface area contributed by atoms with Crippen molar-refractivity contribution in [2.75, 3.05) is 0 Å². The normalized spacial score (nSPS) is 11.3. The molecule has 5 nitrogen and oxygen atoms in total. The number of hydrogen-bond acceptors (Lipinski definition) is 3. The molecule has 0 unspecified atom stereocenters. The van der Waals surface area contributed by atoms with Gasteiger partial charge >= 0.3 is 0 Å². The van der Waals surface area contributed by atoms with E-state index in [-0.39, 0.29) is 27.4 Å². The van der Waals surface area contributed by atoms with E-state index in [2.05, 4.69) is 10.1 Å². The molecule has 2 N–H and O–H groups in total. The van der Waals surface area contributed by atoms with Crippen LogP contribution in [0.25, 0.3) is 28.0 Å². The number of rotatable bonds is 2. The number of aryl methyl sites for hydroxylation is 1. The fourth-order valence-electron chi connectivity index (χ4n) is 3.07. The second-order valence-electron chi connectivity index (χ2n) is 6.09. The molecule has 28 heavy (non-hydrogen) atoms. The standard InChI is InChI=1S/C19H11ClF3N3O2/c1-8-14-17(27)18(28)16(15-11(22)3-2-4-12(15)23)24-19(14)26(25-8)13-6-5-9(21)7-10(13)20/h2-7,28H,1H3,(H,24,27). The van der Waals surface area contributed by atoms with Gasteiger partial charge in [-0.05, 0) is 37.3 Å². The van der Waals surface area contributed by atoms with Gasteiger partial charge in [0.05, 0.1) is 33.0 Å². The first-order valence-corrected chi connectivity index (χ1v) is 8.41. The van der Waals surface area contributed by atoms with Gasteiger partial charge in [0.15, 0.2) is 5.75 Å². The second-order valence-corrected chi connectivity index (χ2v) is 6.50. The predicted octanol–water partition coefficient (Wildman–Crippen LogP) is 4.47. The topological polar surface area (TPSA) is 70.9 Å². The van der Waals surface area contributed by atoms with Gasteiger partial charge in [0.1, 0.15) is 23.1 Å². The van der Waals surface area contributed by atoms with Gasteiger partial charge in [-0.2, -0.15) is 5.10 Å². The maximum Gasteiger partial charge on any atom is 0.235 e. The van der Waals surface area contributed by atoms with Crippen LogP contribution in [-0.4, -0.2) is 19.9 Å². The molecule has 0 bridgehead atoms. The van der Waals surface area contributed by atoms with E-state index in [0.29, 0.717) is 0 Å². The summed E-state index contributed by atoms with van der Waals surface area (Å²) in [4.78, 5) is 15.4. The van der Waals surface area contributed by atoms with Gasteiger partial charge in [0, 0.05) is 0 Å². The SMILES string of the molecule is Cc1nn(-c2ccc(F)cc2Cl)c2[nH]c(-c3c(F)cccc3F)c(O)c(=O)c12. The summed E-state index contributed by atoms with van der Waals surface area (Å²) in [5.41, 5.74) is -1.35. The average molecular weight is 406 g/mol. The van der Waals surface area contributed by atoms with E-state index in [0.717, 1.165) is 30.3 Å². The van der Waals surface area contributed by atoms with Crippen molar-refractivity contribution in [1.29, 1.82) is 0 Å². The minimum Gasteiger partial charge on any atom is -0.503 e. The molecule has 0 radical (unpaired) electrons. The van der Waals surface area contributed by atoms with Crippen LogP contribution in [0.15, 0.2) is 41.2 Å². The highest BCUT2D eigenvalue weighted by molar-refractivity contribution is 6.32. The van der Waals surface area contributed by atoms with E-state index in [9.17, 15) is 23.1 Å². The number of aromatic nitrogens is 3. The third-order valence-corrected chi connectivity index (χ3v) is 4.64. The molecule has 0 saturated carbocycles. The Labute approximate surface area is 160 Å². The van der Waals surface area contributed by atoms with Crippen LogP contribution in [0.1, 0.15) is 5.69 Å². The lowest BCUT2D eigenvalue weighted by Gasteiger charge is -2.10. The van der Waals surface area contributed by atoms with Crippen molar-refractivity contribution in [1.82, 2.24) is 14.8 Å². The largest absolute Gasteiger partial charge is 0.503 e. The average Bonchev–Trinajstić information content (AvgIpc) is 2.95. The lowest BCUT2D eigenvalue weighted by atomic mass is 10.1. The van der Waals surface area contributed by atoms with Crippen LogP contribution in [0.3, 0.4) is 0 Å². The lowest BCUT2D eigenvalue weighted by Crippen LogP contribution is -2.08. The molecule has 0 aliphatic rings. The van der Waals surface area contributed by atoms with Gasteiger partial charge in [-0.15, -0.1) is 0 Å². The van der Waals surface area contributed by atoms with Gasteiger partial charge < -0.3 is 10.1 Å². The molecule has 4 rings (SSSR count).